The van der Waals surface area contributed by atoms with Crippen LogP contribution in [0, 0.1) is 0 Å². The van der Waals surface area contributed by atoms with Gasteiger partial charge < -0.3 is 10.2 Å². The number of hydrogen-bond donors (Lipinski definition) is 2. The molecule has 0 aliphatic carbocycles. The van der Waals surface area contributed by atoms with Crippen molar-refractivity contribution in [3.63, 3.8) is 0 Å². The van der Waals surface area contributed by atoms with Gasteiger partial charge in [0.05, 0.1) is 6.04 Å². The van der Waals surface area contributed by atoms with Gasteiger partial charge in [-0.1, -0.05) is 0 Å². The molecule has 3 rings (SSSR count). The van der Waals surface area contributed by atoms with Gasteiger partial charge in [-0.05, 0) is 45.3 Å². The van der Waals surface area contributed by atoms with Crippen molar-refractivity contribution in [2.24, 2.45) is 0 Å². The molecule has 21 heavy (non-hydrogen) atoms. The number of imide groups is 1. The van der Waals surface area contributed by atoms with Crippen LogP contribution < -0.4 is 10.6 Å². The van der Waals surface area contributed by atoms with E-state index < -0.39 is 0 Å². The second kappa shape index (κ2) is 6.11. The van der Waals surface area contributed by atoms with E-state index in [1.165, 1.54) is 4.90 Å². The quantitative estimate of drug-likeness (QED) is 0.618. The normalized spacial score (nSPS) is 28.8. The largest absolute Gasteiger partial charge is 0.323 e. The Kier molecular flexibility index (Phi) is 4.21. The van der Waals surface area contributed by atoms with Crippen LogP contribution in [0.5, 0.6) is 0 Å². The second-order valence-corrected chi connectivity index (χ2v) is 6.04. The first-order chi connectivity index (χ1) is 10.1. The van der Waals surface area contributed by atoms with Crippen LogP contribution in [0.15, 0.2) is 0 Å². The number of nitrogens with zero attached hydrogens (tertiary/aromatic N) is 2. The Morgan fingerprint density at radius 2 is 1.71 bits per heavy atom. The maximum absolute atomic E-state index is 12.7. The Morgan fingerprint density at radius 3 is 2.38 bits per heavy atom. The molecule has 0 spiro atoms. The van der Waals surface area contributed by atoms with E-state index in [4.69, 9.17) is 0 Å². The number of amides is 3. The molecule has 3 aliphatic heterocycles. The van der Waals surface area contributed by atoms with Crippen molar-refractivity contribution < 1.29 is 14.4 Å². The Labute approximate surface area is 124 Å². The van der Waals surface area contributed by atoms with Crippen LogP contribution in [0.2, 0.25) is 0 Å². The van der Waals surface area contributed by atoms with Crippen molar-refractivity contribution in [3.05, 3.63) is 0 Å². The van der Waals surface area contributed by atoms with Gasteiger partial charge in [-0.15, -0.1) is 0 Å². The van der Waals surface area contributed by atoms with Gasteiger partial charge in [-0.25, -0.2) is 0 Å². The summed E-state index contributed by atoms with van der Waals surface area (Å²) in [7, 11) is 0. The van der Waals surface area contributed by atoms with Gasteiger partial charge in [0, 0.05) is 6.04 Å². The van der Waals surface area contributed by atoms with Crippen molar-refractivity contribution in [1.82, 2.24) is 20.4 Å². The molecule has 0 bridgehead atoms. The van der Waals surface area contributed by atoms with Crippen LogP contribution in [0.3, 0.4) is 0 Å². The van der Waals surface area contributed by atoms with Crippen molar-refractivity contribution in [3.8, 4) is 0 Å². The average molecular weight is 294 g/mol. The highest BCUT2D eigenvalue weighted by atomic mass is 16.2. The zero-order valence-electron chi connectivity index (χ0n) is 12.1. The third-order valence-electron chi connectivity index (χ3n) is 4.62. The Morgan fingerprint density at radius 1 is 1.05 bits per heavy atom. The summed E-state index contributed by atoms with van der Waals surface area (Å²) < 4.78 is 0. The van der Waals surface area contributed by atoms with Crippen LogP contribution in [0.4, 0.5) is 0 Å². The van der Waals surface area contributed by atoms with Crippen LogP contribution >= 0.6 is 0 Å². The number of likely N-dealkylation sites (tertiary alicyclic amines) is 1. The van der Waals surface area contributed by atoms with Crippen molar-refractivity contribution >= 4 is 17.7 Å². The van der Waals surface area contributed by atoms with Gasteiger partial charge in [-0.2, -0.15) is 0 Å². The number of nitrogens with one attached hydrogen (secondary N) is 2. The summed E-state index contributed by atoms with van der Waals surface area (Å²) >= 11 is 0. The second-order valence-electron chi connectivity index (χ2n) is 6.04. The van der Waals surface area contributed by atoms with Gasteiger partial charge in [-0.3, -0.25) is 24.6 Å². The maximum atomic E-state index is 12.7. The molecule has 0 aromatic carbocycles. The molecule has 1 atom stereocenters. The smallest absolute Gasteiger partial charge is 0.246 e. The molecular formula is C14H22N4O3. The first kappa shape index (κ1) is 14.5. The lowest BCUT2D eigenvalue weighted by Crippen LogP contribution is -2.58. The number of carbonyl (C=O) groups excluding carboxylic acids is 3. The predicted octanol–water partition coefficient (Wildman–Crippen LogP) is -1.31. The summed E-state index contributed by atoms with van der Waals surface area (Å²) in [6.07, 6.45) is 3.95. The van der Waals surface area contributed by atoms with Gasteiger partial charge in [0.2, 0.25) is 17.7 Å². The minimum Gasteiger partial charge on any atom is -0.323 e. The van der Waals surface area contributed by atoms with Crippen LogP contribution in [0.1, 0.15) is 25.7 Å². The van der Waals surface area contributed by atoms with E-state index in [2.05, 4.69) is 15.5 Å². The molecule has 3 heterocycles. The van der Waals surface area contributed by atoms with Gasteiger partial charge in [0.15, 0.2) is 0 Å². The molecule has 0 aromatic rings. The van der Waals surface area contributed by atoms with E-state index in [0.717, 1.165) is 45.3 Å². The summed E-state index contributed by atoms with van der Waals surface area (Å²) in [5.41, 5.74) is 0. The molecule has 7 heteroatoms. The lowest BCUT2D eigenvalue weighted by atomic mass is 10.0. The lowest BCUT2D eigenvalue weighted by Gasteiger charge is -2.37. The van der Waals surface area contributed by atoms with E-state index >= 15 is 0 Å². The lowest BCUT2D eigenvalue weighted by molar-refractivity contribution is -0.148. The summed E-state index contributed by atoms with van der Waals surface area (Å²) in [6.45, 7) is 2.93. The Hall–Kier alpha value is -1.47. The van der Waals surface area contributed by atoms with E-state index in [1.54, 1.807) is 0 Å². The summed E-state index contributed by atoms with van der Waals surface area (Å²) in [5, 5.41) is 5.57. The SMILES string of the molecule is O=C1CN(C(=O)C2CCCN2C2CCNCC2)CC(=O)N1. The fraction of sp³-hybridized carbons (Fsp3) is 0.786. The average Bonchev–Trinajstić information content (AvgIpc) is 2.95. The van der Waals surface area contributed by atoms with Crippen molar-refractivity contribution in [2.75, 3.05) is 32.7 Å². The highest BCUT2D eigenvalue weighted by Gasteiger charge is 2.39. The first-order valence-electron chi connectivity index (χ1n) is 7.73. The summed E-state index contributed by atoms with van der Waals surface area (Å²) in [5.74, 6) is -0.828. The standard InChI is InChI=1S/C14H22N4O3/c19-12-8-17(9-13(20)16-12)14(21)11-2-1-7-18(11)10-3-5-15-6-4-10/h10-11,15H,1-9H2,(H,16,19,20). The molecule has 0 radical (unpaired) electrons. The molecule has 3 saturated heterocycles. The van der Waals surface area contributed by atoms with Crippen molar-refractivity contribution in [1.29, 1.82) is 0 Å². The van der Waals surface area contributed by atoms with E-state index in [9.17, 15) is 14.4 Å². The Bertz CT molecular complexity index is 432. The highest BCUT2D eigenvalue weighted by molar-refractivity contribution is 6.03. The summed E-state index contributed by atoms with van der Waals surface area (Å²) in [4.78, 5) is 39.3. The molecular weight excluding hydrogens is 272 g/mol. The molecule has 2 N–H and O–H groups in total. The third-order valence-corrected chi connectivity index (χ3v) is 4.62. The fourth-order valence-corrected chi connectivity index (χ4v) is 3.63. The number of carbonyl (C=O) groups is 3. The van der Waals surface area contributed by atoms with Crippen LogP contribution in [-0.2, 0) is 14.4 Å². The molecule has 3 fully saturated rings. The minimum atomic E-state index is -0.383. The zero-order chi connectivity index (χ0) is 14.8. The topological polar surface area (TPSA) is 81.8 Å². The number of piperazine rings is 1. The minimum absolute atomic E-state index is 0.00113. The van der Waals surface area contributed by atoms with Gasteiger partial charge >= 0.3 is 0 Å². The van der Waals surface area contributed by atoms with Gasteiger partial charge in [0.1, 0.15) is 13.1 Å². The highest BCUT2D eigenvalue weighted by Crippen LogP contribution is 2.25. The monoisotopic (exact) mass is 294 g/mol. The summed E-state index contributed by atoms with van der Waals surface area (Å²) in [6, 6.07) is 0.281. The predicted molar refractivity (Wildman–Crippen MR) is 75.3 cm³/mol. The van der Waals surface area contributed by atoms with Crippen molar-refractivity contribution in [2.45, 2.75) is 37.8 Å². The number of rotatable bonds is 2. The third kappa shape index (κ3) is 3.08. The van der Waals surface area contributed by atoms with E-state index in [-0.39, 0.29) is 36.9 Å². The molecule has 0 aromatic heterocycles. The van der Waals surface area contributed by atoms with Crippen LogP contribution in [-0.4, -0.2) is 72.3 Å². The molecule has 3 amide bonds. The van der Waals surface area contributed by atoms with E-state index in [1.807, 2.05) is 0 Å². The zero-order valence-corrected chi connectivity index (χ0v) is 12.1. The molecule has 1 unspecified atom stereocenters. The Balaban J connectivity index is 1.67. The number of piperidine rings is 1. The van der Waals surface area contributed by atoms with Crippen LogP contribution in [0.25, 0.3) is 0 Å². The maximum Gasteiger partial charge on any atom is 0.246 e. The molecule has 0 saturated carbocycles. The molecule has 3 aliphatic rings. The first-order valence-corrected chi connectivity index (χ1v) is 7.73. The van der Waals surface area contributed by atoms with E-state index in [0.29, 0.717) is 6.04 Å². The molecule has 116 valence electrons. The molecule has 7 nitrogen and oxygen atoms in total. The number of hydrogen-bond acceptors (Lipinski definition) is 5. The fourth-order valence-electron chi connectivity index (χ4n) is 3.63. The van der Waals surface area contributed by atoms with Gasteiger partial charge in [0.25, 0.3) is 0 Å².